The Morgan fingerprint density at radius 2 is 1.72 bits per heavy atom. The Balaban J connectivity index is 2.17. The fraction of sp³-hybridized carbons (Fsp3) is 0.533. The van der Waals surface area contributed by atoms with Crippen molar-refractivity contribution in [2.24, 2.45) is 5.92 Å². The Hall–Kier alpha value is -0.622. The molecule has 98 valence electrons. The summed E-state index contributed by atoms with van der Waals surface area (Å²) in [6.07, 6.45) is 3.52. The summed E-state index contributed by atoms with van der Waals surface area (Å²) in [5.41, 5.74) is 6.00. The molecule has 0 aliphatic heterocycles. The minimum atomic E-state index is -0.924. The normalized spacial score (nSPS) is 19.2. The Kier molecular flexibility index (Phi) is 4.61. The second kappa shape index (κ2) is 6.01. The number of carbonyl (C=O) groups excluding carboxylic acids is 1. The van der Waals surface area contributed by atoms with Crippen molar-refractivity contribution in [3.63, 3.8) is 0 Å². The van der Waals surface area contributed by atoms with E-state index in [1.54, 1.807) is 12.1 Å². The number of carbonyl (C=O) groups is 1. The van der Waals surface area contributed by atoms with E-state index in [-0.39, 0.29) is 5.82 Å². The van der Waals surface area contributed by atoms with Gasteiger partial charge >= 0.3 is 113 Å². The van der Waals surface area contributed by atoms with E-state index in [1.165, 1.54) is 5.56 Å². The fourth-order valence-corrected chi connectivity index (χ4v) is 6.94. The molecule has 1 nitrogen and oxygen atoms in total. The van der Waals surface area contributed by atoms with Crippen LogP contribution in [0.3, 0.4) is 0 Å². The Morgan fingerprint density at radius 1 is 1.17 bits per heavy atom. The second-order valence-electron chi connectivity index (χ2n) is 5.34. The molecule has 1 atom stereocenters. The van der Waals surface area contributed by atoms with Crippen molar-refractivity contribution in [3.05, 3.63) is 35.6 Å². The van der Waals surface area contributed by atoms with Gasteiger partial charge in [-0.2, -0.15) is 0 Å². The minimum absolute atomic E-state index is 0.164. The van der Waals surface area contributed by atoms with Gasteiger partial charge in [-0.05, 0) is 0 Å². The van der Waals surface area contributed by atoms with E-state index in [9.17, 15) is 9.18 Å². The molecule has 18 heavy (non-hydrogen) atoms. The van der Waals surface area contributed by atoms with Crippen LogP contribution in [0.5, 0.6) is 0 Å². The summed E-state index contributed by atoms with van der Waals surface area (Å²) < 4.78 is 13.6. The van der Waals surface area contributed by atoms with Crippen molar-refractivity contribution in [2.45, 2.75) is 41.8 Å². The van der Waals surface area contributed by atoms with Crippen molar-refractivity contribution in [1.29, 1.82) is 0 Å². The average Bonchev–Trinajstić information content (AvgIpc) is 2.34. The summed E-state index contributed by atoms with van der Waals surface area (Å²) in [7, 11) is 0. The first-order chi connectivity index (χ1) is 8.58. The average molecular weight is 310 g/mol. The molecule has 1 aliphatic rings. The molecule has 0 aromatic heterocycles. The Morgan fingerprint density at radius 3 is 2.22 bits per heavy atom. The van der Waals surface area contributed by atoms with Gasteiger partial charge in [0.05, 0.1) is 0 Å². The van der Waals surface area contributed by atoms with Gasteiger partial charge in [0, 0.05) is 0 Å². The zero-order valence-electron chi connectivity index (χ0n) is 11.0. The second-order valence-corrected chi connectivity index (χ2v) is 10.5. The zero-order valence-corrected chi connectivity index (χ0v) is 12.9. The fourth-order valence-electron chi connectivity index (χ4n) is 2.93. The molecule has 1 fully saturated rings. The van der Waals surface area contributed by atoms with E-state index < -0.39 is 14.7 Å². The number of Topliss-reactive ketones (excluding diaryl/α,β-unsaturated/α-hetero) is 1. The van der Waals surface area contributed by atoms with Crippen LogP contribution in [-0.2, 0) is 4.79 Å². The van der Waals surface area contributed by atoms with Crippen LogP contribution < -0.4 is 0 Å². The number of benzene rings is 1. The summed E-state index contributed by atoms with van der Waals surface area (Å²) >= 11 is -0.924. The van der Waals surface area contributed by atoms with E-state index >= 15 is 0 Å². The molecular formula is C15H20AsFO. The Bertz CT molecular complexity index is 403. The molecule has 3 heteroatoms. The summed E-state index contributed by atoms with van der Waals surface area (Å²) in [6.45, 7) is 0. The maximum atomic E-state index is 13.0. The van der Waals surface area contributed by atoms with Crippen molar-refractivity contribution in [1.82, 2.24) is 0 Å². The van der Waals surface area contributed by atoms with E-state index in [0.29, 0.717) is 16.4 Å². The molecule has 1 aromatic carbocycles. The first-order valence-electron chi connectivity index (χ1n) is 6.51. The molecule has 0 saturated heterocycles. The van der Waals surface area contributed by atoms with Crippen LogP contribution in [0.4, 0.5) is 4.39 Å². The van der Waals surface area contributed by atoms with Gasteiger partial charge in [0.25, 0.3) is 0 Å². The van der Waals surface area contributed by atoms with Crippen LogP contribution in [0.15, 0.2) is 24.3 Å². The van der Waals surface area contributed by atoms with Gasteiger partial charge in [-0.3, -0.25) is 0 Å². The molecule has 0 bridgehead atoms. The van der Waals surface area contributed by atoms with Crippen LogP contribution in [0.25, 0.3) is 0 Å². The third kappa shape index (κ3) is 3.23. The number of halogens is 1. The van der Waals surface area contributed by atoms with Crippen molar-refractivity contribution < 1.29 is 9.18 Å². The van der Waals surface area contributed by atoms with Crippen LogP contribution in [0, 0.1) is 11.7 Å². The zero-order chi connectivity index (χ0) is 13.1. The number of rotatable bonds is 3. The van der Waals surface area contributed by atoms with Crippen LogP contribution in [-0.4, -0.2) is 20.4 Å². The van der Waals surface area contributed by atoms with Gasteiger partial charge in [-0.15, -0.1) is 0 Å². The number of ketones is 1. The van der Waals surface area contributed by atoms with E-state index in [4.69, 9.17) is 0 Å². The van der Waals surface area contributed by atoms with Crippen molar-refractivity contribution in [2.75, 3.05) is 0 Å². The first kappa shape index (κ1) is 13.8. The van der Waals surface area contributed by atoms with Crippen molar-refractivity contribution in [3.8, 4) is 0 Å². The third-order valence-corrected chi connectivity index (χ3v) is 7.65. The van der Waals surface area contributed by atoms with Crippen molar-refractivity contribution >= 4 is 20.4 Å². The van der Waals surface area contributed by atoms with E-state index in [2.05, 4.69) is 11.4 Å². The number of hydrogen-bond acceptors (Lipinski definition) is 1. The van der Waals surface area contributed by atoms with E-state index in [0.717, 1.165) is 25.7 Å². The van der Waals surface area contributed by atoms with Crippen LogP contribution in [0.2, 0.25) is 11.4 Å². The summed E-state index contributed by atoms with van der Waals surface area (Å²) in [5, 5.41) is 0. The summed E-state index contributed by atoms with van der Waals surface area (Å²) in [4.78, 5) is 11.3. The molecule has 1 aromatic rings. The molecule has 0 heterocycles. The molecule has 1 unspecified atom stereocenters. The maximum absolute atomic E-state index is 13.0. The van der Waals surface area contributed by atoms with Gasteiger partial charge in [-0.1, -0.05) is 0 Å². The predicted molar refractivity (Wildman–Crippen MR) is 73.6 cm³/mol. The van der Waals surface area contributed by atoms with Gasteiger partial charge < -0.3 is 0 Å². The van der Waals surface area contributed by atoms with Gasteiger partial charge in [0.2, 0.25) is 0 Å². The van der Waals surface area contributed by atoms with Gasteiger partial charge in [-0.25, -0.2) is 0 Å². The number of hydrogen-bond donors (Lipinski definition) is 0. The summed E-state index contributed by atoms with van der Waals surface area (Å²) in [5.74, 6) is 0.876. The topological polar surface area (TPSA) is 17.1 Å². The predicted octanol–water partition coefficient (Wildman–Crippen LogP) is 3.96. The quantitative estimate of drug-likeness (QED) is 0.772. The molecule has 1 saturated carbocycles. The van der Waals surface area contributed by atoms with Gasteiger partial charge in [0.1, 0.15) is 0 Å². The van der Waals surface area contributed by atoms with E-state index in [1.807, 2.05) is 12.1 Å². The Labute approximate surface area is 113 Å². The molecular weight excluding hydrogens is 290 g/mol. The first-order valence-corrected chi connectivity index (χ1v) is 11.3. The third-order valence-electron chi connectivity index (χ3n) is 3.80. The van der Waals surface area contributed by atoms with Crippen LogP contribution >= 0.6 is 0 Å². The molecule has 0 amide bonds. The molecule has 0 N–H and O–H groups in total. The molecule has 0 spiro atoms. The monoisotopic (exact) mass is 310 g/mol. The van der Waals surface area contributed by atoms with Crippen LogP contribution in [0.1, 0.15) is 36.0 Å². The standard InChI is InChI=1S/C15H20AsFO/c1-16(2)15(11-3-7-13(17)8-4-11)12-5-9-14(18)10-6-12/h3-4,7-8,12,15H,5-6,9-10H2,1-2H3. The summed E-state index contributed by atoms with van der Waals surface area (Å²) in [6, 6.07) is 7.00. The molecule has 2 rings (SSSR count). The van der Waals surface area contributed by atoms with Gasteiger partial charge in [0.15, 0.2) is 0 Å². The SMILES string of the molecule is C[As](C)C(c1ccc(F)cc1)C1CCC(=O)CC1. The molecule has 0 radical (unpaired) electrons. The molecule has 1 aliphatic carbocycles.